The van der Waals surface area contributed by atoms with Gasteiger partial charge >= 0.3 is 0 Å². The molecule has 1 saturated heterocycles. The van der Waals surface area contributed by atoms with Crippen LogP contribution in [0, 0.1) is 5.92 Å². The number of carbonyl (C=O) groups excluding carboxylic acids is 1. The van der Waals surface area contributed by atoms with Gasteiger partial charge in [-0.1, -0.05) is 12.1 Å². The van der Waals surface area contributed by atoms with Crippen LogP contribution < -0.4 is 10.1 Å². The monoisotopic (exact) mass is 219 g/mol. The third kappa shape index (κ3) is 2.61. The highest BCUT2D eigenvalue weighted by Crippen LogP contribution is 2.18. The van der Waals surface area contributed by atoms with Crippen molar-refractivity contribution in [1.29, 1.82) is 0 Å². The van der Waals surface area contributed by atoms with Crippen LogP contribution in [0.1, 0.15) is 12.0 Å². The van der Waals surface area contributed by atoms with E-state index < -0.39 is 0 Å². The van der Waals surface area contributed by atoms with Gasteiger partial charge in [-0.05, 0) is 24.1 Å². The van der Waals surface area contributed by atoms with Gasteiger partial charge in [0.25, 0.3) is 0 Å². The van der Waals surface area contributed by atoms with Crippen molar-refractivity contribution >= 4 is 5.78 Å². The molecular formula is C13H17NO2. The number of piperidine rings is 1. The van der Waals surface area contributed by atoms with E-state index in [2.05, 4.69) is 5.32 Å². The Hall–Kier alpha value is -1.35. The minimum absolute atomic E-state index is 0.126. The van der Waals surface area contributed by atoms with E-state index in [1.165, 1.54) is 5.56 Å². The van der Waals surface area contributed by atoms with Gasteiger partial charge in [-0.3, -0.25) is 4.79 Å². The van der Waals surface area contributed by atoms with E-state index in [0.717, 1.165) is 25.3 Å². The Labute approximate surface area is 95.8 Å². The minimum atomic E-state index is 0.126. The number of ether oxygens (including phenoxy) is 1. The molecule has 1 heterocycles. The van der Waals surface area contributed by atoms with Crippen molar-refractivity contribution in [3.63, 3.8) is 0 Å². The first-order valence-corrected chi connectivity index (χ1v) is 5.66. The van der Waals surface area contributed by atoms with Crippen LogP contribution in [0.2, 0.25) is 0 Å². The Morgan fingerprint density at radius 3 is 3.12 bits per heavy atom. The van der Waals surface area contributed by atoms with Crippen LogP contribution in [0.25, 0.3) is 0 Å². The van der Waals surface area contributed by atoms with Gasteiger partial charge < -0.3 is 10.1 Å². The van der Waals surface area contributed by atoms with E-state index in [1.54, 1.807) is 7.11 Å². The van der Waals surface area contributed by atoms with Gasteiger partial charge in [-0.2, -0.15) is 0 Å². The average Bonchev–Trinajstić information content (AvgIpc) is 2.32. The van der Waals surface area contributed by atoms with E-state index >= 15 is 0 Å². The molecule has 1 fully saturated rings. The molecule has 3 nitrogen and oxygen atoms in total. The molecule has 0 aliphatic carbocycles. The molecule has 1 aliphatic heterocycles. The summed E-state index contributed by atoms with van der Waals surface area (Å²) < 4.78 is 5.17. The zero-order valence-corrected chi connectivity index (χ0v) is 9.53. The SMILES string of the molecule is COc1cccc(CC2CNCCC2=O)c1. The maximum absolute atomic E-state index is 11.7. The van der Waals surface area contributed by atoms with Crippen LogP contribution in [-0.2, 0) is 11.2 Å². The van der Waals surface area contributed by atoms with Crippen LogP contribution in [-0.4, -0.2) is 26.0 Å². The molecule has 1 atom stereocenters. The summed E-state index contributed by atoms with van der Waals surface area (Å²) in [5.74, 6) is 1.36. The fourth-order valence-electron chi connectivity index (χ4n) is 2.08. The summed E-state index contributed by atoms with van der Waals surface area (Å²) in [6.07, 6.45) is 1.47. The maximum atomic E-state index is 11.7. The fourth-order valence-corrected chi connectivity index (χ4v) is 2.08. The van der Waals surface area contributed by atoms with E-state index in [0.29, 0.717) is 12.2 Å². The second-order valence-corrected chi connectivity index (χ2v) is 4.17. The fraction of sp³-hybridized carbons (Fsp3) is 0.462. The molecule has 86 valence electrons. The lowest BCUT2D eigenvalue weighted by atomic mass is 9.91. The first kappa shape index (κ1) is 11.1. The van der Waals surface area contributed by atoms with Crippen LogP contribution in [0.4, 0.5) is 0 Å². The lowest BCUT2D eigenvalue weighted by Gasteiger charge is -2.21. The number of hydrogen-bond donors (Lipinski definition) is 1. The number of methoxy groups -OCH3 is 1. The van der Waals surface area contributed by atoms with Gasteiger partial charge in [0.05, 0.1) is 7.11 Å². The molecule has 0 saturated carbocycles. The topological polar surface area (TPSA) is 38.3 Å². The Balaban J connectivity index is 2.04. The third-order valence-electron chi connectivity index (χ3n) is 3.01. The summed E-state index contributed by atoms with van der Waals surface area (Å²) in [4.78, 5) is 11.7. The lowest BCUT2D eigenvalue weighted by molar-refractivity contribution is -0.123. The number of Topliss-reactive ketones (excluding diaryl/α,β-unsaturated/α-hetero) is 1. The van der Waals surface area contributed by atoms with Crippen molar-refractivity contribution in [2.45, 2.75) is 12.8 Å². The minimum Gasteiger partial charge on any atom is -0.497 e. The predicted molar refractivity (Wildman–Crippen MR) is 62.7 cm³/mol. The molecule has 0 spiro atoms. The summed E-state index contributed by atoms with van der Waals surface area (Å²) in [5, 5.41) is 3.26. The van der Waals surface area contributed by atoms with Crippen LogP contribution >= 0.6 is 0 Å². The lowest BCUT2D eigenvalue weighted by Crippen LogP contribution is -2.37. The standard InChI is InChI=1S/C13H17NO2/c1-16-12-4-2-3-10(8-12)7-11-9-14-6-5-13(11)15/h2-4,8,11,14H,5-7,9H2,1H3. The van der Waals surface area contributed by atoms with Gasteiger partial charge in [0.2, 0.25) is 0 Å². The van der Waals surface area contributed by atoms with Crippen molar-refractivity contribution in [2.24, 2.45) is 5.92 Å². The molecule has 1 aliphatic rings. The van der Waals surface area contributed by atoms with E-state index in [9.17, 15) is 4.79 Å². The van der Waals surface area contributed by atoms with Crippen molar-refractivity contribution in [2.75, 3.05) is 20.2 Å². The molecular weight excluding hydrogens is 202 g/mol. The largest absolute Gasteiger partial charge is 0.497 e. The summed E-state index contributed by atoms with van der Waals surface area (Å²) >= 11 is 0. The quantitative estimate of drug-likeness (QED) is 0.835. The zero-order valence-electron chi connectivity index (χ0n) is 9.53. The highest BCUT2D eigenvalue weighted by molar-refractivity contribution is 5.82. The summed E-state index contributed by atoms with van der Waals surface area (Å²) in [7, 11) is 1.66. The zero-order chi connectivity index (χ0) is 11.4. The smallest absolute Gasteiger partial charge is 0.138 e. The molecule has 0 aromatic heterocycles. The second kappa shape index (κ2) is 5.12. The van der Waals surface area contributed by atoms with Gasteiger partial charge in [0, 0.05) is 25.4 Å². The molecule has 1 unspecified atom stereocenters. The number of ketones is 1. The Kier molecular flexibility index (Phi) is 3.57. The molecule has 3 heteroatoms. The number of hydrogen-bond acceptors (Lipinski definition) is 3. The molecule has 0 radical (unpaired) electrons. The van der Waals surface area contributed by atoms with Gasteiger partial charge in [0.15, 0.2) is 0 Å². The molecule has 1 N–H and O–H groups in total. The van der Waals surface area contributed by atoms with Crippen LogP contribution in [0.5, 0.6) is 5.75 Å². The Morgan fingerprint density at radius 1 is 1.50 bits per heavy atom. The molecule has 16 heavy (non-hydrogen) atoms. The predicted octanol–water partition coefficient (Wildman–Crippen LogP) is 1.42. The maximum Gasteiger partial charge on any atom is 0.138 e. The molecule has 0 bridgehead atoms. The average molecular weight is 219 g/mol. The summed E-state index contributed by atoms with van der Waals surface area (Å²) in [6, 6.07) is 7.94. The number of rotatable bonds is 3. The second-order valence-electron chi connectivity index (χ2n) is 4.17. The van der Waals surface area contributed by atoms with Gasteiger partial charge in [0.1, 0.15) is 11.5 Å². The molecule has 1 aromatic rings. The number of benzene rings is 1. The number of carbonyl (C=O) groups is 1. The third-order valence-corrected chi connectivity index (χ3v) is 3.01. The normalized spacial score (nSPS) is 20.8. The van der Waals surface area contributed by atoms with Crippen molar-refractivity contribution in [1.82, 2.24) is 5.32 Å². The van der Waals surface area contributed by atoms with E-state index in [4.69, 9.17) is 4.74 Å². The van der Waals surface area contributed by atoms with Crippen molar-refractivity contribution < 1.29 is 9.53 Å². The van der Waals surface area contributed by atoms with E-state index in [-0.39, 0.29) is 5.92 Å². The Bertz CT molecular complexity index is 376. The highest BCUT2D eigenvalue weighted by Gasteiger charge is 2.21. The first-order chi connectivity index (χ1) is 7.79. The summed E-state index contributed by atoms with van der Waals surface area (Å²) in [5.41, 5.74) is 1.17. The van der Waals surface area contributed by atoms with Gasteiger partial charge in [-0.15, -0.1) is 0 Å². The van der Waals surface area contributed by atoms with Crippen molar-refractivity contribution in [3.05, 3.63) is 29.8 Å². The van der Waals surface area contributed by atoms with Crippen LogP contribution in [0.3, 0.4) is 0 Å². The van der Waals surface area contributed by atoms with Crippen LogP contribution in [0.15, 0.2) is 24.3 Å². The van der Waals surface area contributed by atoms with Crippen molar-refractivity contribution in [3.8, 4) is 5.75 Å². The molecule has 1 aromatic carbocycles. The molecule has 2 rings (SSSR count). The molecule has 0 amide bonds. The summed E-state index contributed by atoms with van der Waals surface area (Å²) in [6.45, 7) is 1.63. The number of nitrogens with one attached hydrogen (secondary N) is 1. The van der Waals surface area contributed by atoms with Gasteiger partial charge in [-0.25, -0.2) is 0 Å². The highest BCUT2D eigenvalue weighted by atomic mass is 16.5. The first-order valence-electron chi connectivity index (χ1n) is 5.66. The van der Waals surface area contributed by atoms with E-state index in [1.807, 2.05) is 24.3 Å². The Morgan fingerprint density at radius 2 is 2.38 bits per heavy atom.